The predicted octanol–water partition coefficient (Wildman–Crippen LogP) is 0.548. The minimum Gasteiger partial charge on any atom is -0.384 e. The van der Waals surface area contributed by atoms with E-state index in [1.165, 1.54) is 0 Å². The van der Waals surface area contributed by atoms with Gasteiger partial charge in [0.15, 0.2) is 0 Å². The van der Waals surface area contributed by atoms with Crippen molar-refractivity contribution >= 4 is 22.4 Å². The second kappa shape index (κ2) is 5.65. The second-order valence-corrected chi connectivity index (χ2v) is 4.95. The zero-order valence-corrected chi connectivity index (χ0v) is 9.80. The molecule has 5 nitrogen and oxygen atoms in total. The van der Waals surface area contributed by atoms with E-state index < -0.39 is 10.8 Å². The van der Waals surface area contributed by atoms with Gasteiger partial charge in [0.2, 0.25) is 0 Å². The number of anilines is 2. The van der Waals surface area contributed by atoms with Gasteiger partial charge in [-0.1, -0.05) is 6.92 Å². The van der Waals surface area contributed by atoms with Gasteiger partial charge >= 0.3 is 0 Å². The third-order valence-corrected chi connectivity index (χ3v) is 3.12. The van der Waals surface area contributed by atoms with E-state index in [9.17, 15) is 4.21 Å². The largest absolute Gasteiger partial charge is 0.384 e. The third kappa shape index (κ3) is 4.24. The molecular weight excluding hydrogens is 212 g/mol. The molecule has 0 amide bonds. The van der Waals surface area contributed by atoms with Crippen molar-refractivity contribution in [2.24, 2.45) is 0 Å². The summed E-state index contributed by atoms with van der Waals surface area (Å²) in [4.78, 5) is 8.12. The number of hydrogen-bond donors (Lipinski definition) is 2. The maximum atomic E-state index is 11.1. The molecule has 1 rings (SSSR count). The highest BCUT2D eigenvalue weighted by atomic mass is 32.2. The van der Waals surface area contributed by atoms with E-state index in [-0.39, 0.29) is 0 Å². The van der Waals surface area contributed by atoms with Gasteiger partial charge < -0.3 is 11.1 Å². The monoisotopic (exact) mass is 228 g/mol. The predicted molar refractivity (Wildman–Crippen MR) is 63.2 cm³/mol. The van der Waals surface area contributed by atoms with Crippen LogP contribution in [0.25, 0.3) is 0 Å². The second-order valence-electron chi connectivity index (χ2n) is 3.08. The number of aryl methyl sites for hydroxylation is 1. The Bertz CT molecular complexity index is 336. The first-order valence-electron chi connectivity index (χ1n) is 4.82. The standard InChI is InChI=1S/C9H16N4OS/c1-3-15(14)5-4-11-9-6-8(10)12-7(2)13-9/h6H,3-5H2,1-2H3,(H3,10,11,12,13). The summed E-state index contributed by atoms with van der Waals surface area (Å²) >= 11 is 0. The quantitative estimate of drug-likeness (QED) is 0.769. The van der Waals surface area contributed by atoms with E-state index in [4.69, 9.17) is 5.73 Å². The van der Waals surface area contributed by atoms with Crippen LogP contribution >= 0.6 is 0 Å². The van der Waals surface area contributed by atoms with E-state index >= 15 is 0 Å². The minimum atomic E-state index is -0.748. The van der Waals surface area contributed by atoms with Crippen LogP contribution in [-0.4, -0.2) is 32.2 Å². The third-order valence-electron chi connectivity index (χ3n) is 1.82. The normalized spacial score (nSPS) is 12.4. The van der Waals surface area contributed by atoms with E-state index in [1.54, 1.807) is 13.0 Å². The number of rotatable bonds is 5. The molecule has 0 aliphatic rings. The Morgan fingerprint density at radius 2 is 2.27 bits per heavy atom. The Kier molecular flexibility index (Phi) is 4.48. The Morgan fingerprint density at radius 1 is 1.53 bits per heavy atom. The van der Waals surface area contributed by atoms with Crippen molar-refractivity contribution in [3.8, 4) is 0 Å². The highest BCUT2D eigenvalue weighted by Crippen LogP contribution is 2.06. The van der Waals surface area contributed by atoms with Gasteiger partial charge in [0.05, 0.1) is 0 Å². The van der Waals surface area contributed by atoms with Gasteiger partial charge in [-0.05, 0) is 6.92 Å². The molecule has 84 valence electrons. The van der Waals surface area contributed by atoms with E-state index in [1.807, 2.05) is 6.92 Å². The van der Waals surface area contributed by atoms with Gasteiger partial charge in [-0.3, -0.25) is 4.21 Å². The molecule has 0 fully saturated rings. The van der Waals surface area contributed by atoms with Crippen molar-refractivity contribution < 1.29 is 4.21 Å². The number of nitrogen functional groups attached to an aromatic ring is 1. The smallest absolute Gasteiger partial charge is 0.131 e. The fraction of sp³-hybridized carbons (Fsp3) is 0.556. The fourth-order valence-corrected chi connectivity index (χ4v) is 1.74. The first-order chi connectivity index (χ1) is 7.11. The molecule has 1 aromatic rings. The summed E-state index contributed by atoms with van der Waals surface area (Å²) in [7, 11) is -0.748. The number of nitrogens with zero attached hydrogens (tertiary/aromatic N) is 2. The molecule has 0 saturated carbocycles. The van der Waals surface area contributed by atoms with E-state index in [0.29, 0.717) is 35.5 Å². The molecule has 1 atom stereocenters. The lowest BCUT2D eigenvalue weighted by Gasteiger charge is -2.06. The molecule has 1 unspecified atom stereocenters. The van der Waals surface area contributed by atoms with Crippen LogP contribution < -0.4 is 11.1 Å². The van der Waals surface area contributed by atoms with Gasteiger partial charge in [0.1, 0.15) is 17.5 Å². The molecule has 0 spiro atoms. The summed E-state index contributed by atoms with van der Waals surface area (Å²) in [5.74, 6) is 3.08. The van der Waals surface area contributed by atoms with Crippen molar-refractivity contribution in [3.63, 3.8) is 0 Å². The molecule has 0 aromatic carbocycles. The van der Waals surface area contributed by atoms with Gasteiger partial charge in [-0.25, -0.2) is 9.97 Å². The van der Waals surface area contributed by atoms with Crippen molar-refractivity contribution in [3.05, 3.63) is 11.9 Å². The SMILES string of the molecule is CCS(=O)CCNc1cc(N)nc(C)n1. The maximum absolute atomic E-state index is 11.1. The van der Waals surface area contributed by atoms with Crippen LogP contribution in [0.4, 0.5) is 11.6 Å². The lowest BCUT2D eigenvalue weighted by atomic mass is 10.5. The van der Waals surface area contributed by atoms with Gasteiger partial charge in [-0.2, -0.15) is 0 Å². The first-order valence-corrected chi connectivity index (χ1v) is 6.30. The molecule has 0 aliphatic carbocycles. The summed E-state index contributed by atoms with van der Waals surface area (Å²) < 4.78 is 11.1. The van der Waals surface area contributed by atoms with Crippen molar-refractivity contribution in [2.75, 3.05) is 29.1 Å². The summed E-state index contributed by atoms with van der Waals surface area (Å²) in [6.07, 6.45) is 0. The molecule has 6 heteroatoms. The summed E-state index contributed by atoms with van der Waals surface area (Å²) in [6, 6.07) is 1.67. The molecule has 15 heavy (non-hydrogen) atoms. The fourth-order valence-electron chi connectivity index (χ4n) is 1.12. The van der Waals surface area contributed by atoms with Gasteiger partial charge in [0, 0.05) is 34.9 Å². The lowest BCUT2D eigenvalue weighted by Crippen LogP contribution is -2.13. The first kappa shape index (κ1) is 11.9. The zero-order valence-electron chi connectivity index (χ0n) is 8.99. The van der Waals surface area contributed by atoms with Crippen molar-refractivity contribution in [1.29, 1.82) is 0 Å². The molecule has 0 radical (unpaired) electrons. The molecule has 0 aliphatic heterocycles. The van der Waals surface area contributed by atoms with Gasteiger partial charge in [0.25, 0.3) is 0 Å². The van der Waals surface area contributed by atoms with Gasteiger partial charge in [-0.15, -0.1) is 0 Å². The Labute approximate surface area is 92.0 Å². The average Bonchev–Trinajstić information content (AvgIpc) is 2.16. The molecular formula is C9H16N4OS. The van der Waals surface area contributed by atoms with Crippen molar-refractivity contribution in [1.82, 2.24) is 9.97 Å². The average molecular weight is 228 g/mol. The van der Waals surface area contributed by atoms with Crippen LogP contribution in [0, 0.1) is 6.92 Å². The number of nitrogens with one attached hydrogen (secondary N) is 1. The summed E-state index contributed by atoms with van der Waals surface area (Å²) in [5.41, 5.74) is 5.57. The van der Waals surface area contributed by atoms with E-state index in [0.717, 1.165) is 0 Å². The Morgan fingerprint density at radius 3 is 2.87 bits per heavy atom. The topological polar surface area (TPSA) is 80.9 Å². The number of aromatic nitrogens is 2. The molecule has 1 aromatic heterocycles. The van der Waals surface area contributed by atoms with Crippen LogP contribution in [0.3, 0.4) is 0 Å². The van der Waals surface area contributed by atoms with Crippen LogP contribution in [0.5, 0.6) is 0 Å². The van der Waals surface area contributed by atoms with Crippen LogP contribution in [0.1, 0.15) is 12.7 Å². The van der Waals surface area contributed by atoms with Crippen LogP contribution in [0.2, 0.25) is 0 Å². The molecule has 1 heterocycles. The van der Waals surface area contributed by atoms with E-state index in [2.05, 4.69) is 15.3 Å². The number of nitrogens with two attached hydrogens (primary N) is 1. The summed E-state index contributed by atoms with van der Waals surface area (Å²) in [6.45, 7) is 4.32. The summed E-state index contributed by atoms with van der Waals surface area (Å²) in [5, 5.41) is 3.07. The Hall–Kier alpha value is -1.17. The molecule has 0 saturated heterocycles. The molecule has 0 bridgehead atoms. The van der Waals surface area contributed by atoms with Crippen molar-refractivity contribution in [2.45, 2.75) is 13.8 Å². The number of hydrogen-bond acceptors (Lipinski definition) is 5. The highest BCUT2D eigenvalue weighted by molar-refractivity contribution is 7.84. The van der Waals surface area contributed by atoms with Crippen LogP contribution in [0.15, 0.2) is 6.07 Å². The molecule has 3 N–H and O–H groups in total. The minimum absolute atomic E-state index is 0.446. The maximum Gasteiger partial charge on any atom is 0.131 e. The Balaban J connectivity index is 2.47. The highest BCUT2D eigenvalue weighted by Gasteiger charge is 1.99. The van der Waals surface area contributed by atoms with Crippen LogP contribution in [-0.2, 0) is 10.8 Å². The zero-order chi connectivity index (χ0) is 11.3. The lowest BCUT2D eigenvalue weighted by molar-refractivity contribution is 0.684.